The standard InChI is InChI=1S/C12H17N5O4S/c1-12(2,3)17(21)4-8-13-6-14-9(16-8)10(18)15-7(5-22)11(19)20/h4,6-7,22H,5H2,1-3H3,(H,15,18)(H,19,20)/b17-4-. The van der Waals surface area contributed by atoms with E-state index in [2.05, 4.69) is 32.9 Å². The fourth-order valence-electron chi connectivity index (χ4n) is 1.19. The Morgan fingerprint density at radius 3 is 2.64 bits per heavy atom. The highest BCUT2D eigenvalue weighted by molar-refractivity contribution is 7.80. The predicted molar refractivity (Wildman–Crippen MR) is 81.1 cm³/mol. The predicted octanol–water partition coefficient (Wildman–Crippen LogP) is -0.288. The molecule has 0 fully saturated rings. The number of carbonyl (C=O) groups is 2. The van der Waals surface area contributed by atoms with Gasteiger partial charge in [-0.3, -0.25) is 4.79 Å². The molecule has 2 N–H and O–H groups in total. The van der Waals surface area contributed by atoms with Crippen LogP contribution in [0.5, 0.6) is 0 Å². The molecule has 0 bridgehead atoms. The Balaban J connectivity index is 2.97. The minimum atomic E-state index is -1.22. The van der Waals surface area contributed by atoms with E-state index in [9.17, 15) is 14.8 Å². The van der Waals surface area contributed by atoms with Gasteiger partial charge in [-0.1, -0.05) is 0 Å². The Bertz CT molecular complexity index is 599. The molecular weight excluding hydrogens is 310 g/mol. The highest BCUT2D eigenvalue weighted by atomic mass is 32.1. The minimum absolute atomic E-state index is 0.00261. The number of nitrogens with zero attached hydrogens (tertiary/aromatic N) is 4. The van der Waals surface area contributed by atoms with Crippen molar-refractivity contribution in [3.63, 3.8) is 0 Å². The maximum atomic E-state index is 11.9. The van der Waals surface area contributed by atoms with Crippen LogP contribution in [0.4, 0.5) is 0 Å². The summed E-state index contributed by atoms with van der Waals surface area (Å²) in [6.45, 7) is 5.11. The number of hydrogen-bond donors (Lipinski definition) is 3. The first-order chi connectivity index (χ1) is 10.1. The van der Waals surface area contributed by atoms with Gasteiger partial charge >= 0.3 is 5.97 Å². The second kappa shape index (κ2) is 7.16. The second-order valence-corrected chi connectivity index (χ2v) is 5.71. The Hall–Kier alpha value is -2.23. The van der Waals surface area contributed by atoms with Gasteiger partial charge in [0, 0.05) is 26.5 Å². The summed E-state index contributed by atoms with van der Waals surface area (Å²) in [6.07, 6.45) is 2.20. The molecule has 1 unspecified atom stereocenters. The zero-order valence-corrected chi connectivity index (χ0v) is 13.2. The van der Waals surface area contributed by atoms with Gasteiger partial charge in [0.05, 0.1) is 0 Å². The van der Waals surface area contributed by atoms with Crippen molar-refractivity contribution >= 4 is 30.7 Å². The van der Waals surface area contributed by atoms with Gasteiger partial charge in [-0.15, -0.1) is 0 Å². The van der Waals surface area contributed by atoms with E-state index < -0.39 is 23.5 Å². The van der Waals surface area contributed by atoms with E-state index in [0.717, 1.165) is 12.5 Å². The zero-order chi connectivity index (χ0) is 16.9. The van der Waals surface area contributed by atoms with Gasteiger partial charge in [-0.25, -0.2) is 19.5 Å². The Labute approximate surface area is 132 Å². The SMILES string of the molecule is CC(C)(C)/[N+]([O-])=C/c1ncnc(C(=O)NC(CS)C(=O)O)n1. The van der Waals surface area contributed by atoms with Crippen LogP contribution in [0.2, 0.25) is 0 Å². The lowest BCUT2D eigenvalue weighted by Gasteiger charge is -2.18. The molecule has 1 aromatic heterocycles. The van der Waals surface area contributed by atoms with Crippen LogP contribution in [0.1, 0.15) is 37.2 Å². The summed E-state index contributed by atoms with van der Waals surface area (Å²) in [4.78, 5) is 34.0. The molecule has 0 aliphatic heterocycles. The third-order valence-corrected chi connectivity index (χ3v) is 2.84. The average Bonchev–Trinajstić information content (AvgIpc) is 2.43. The van der Waals surface area contributed by atoms with Crippen molar-refractivity contribution in [2.24, 2.45) is 0 Å². The molecule has 0 spiro atoms. The topological polar surface area (TPSA) is 131 Å². The maximum absolute atomic E-state index is 11.9. The van der Waals surface area contributed by atoms with Crippen molar-refractivity contribution in [3.05, 3.63) is 23.2 Å². The summed E-state index contributed by atoms with van der Waals surface area (Å²) in [5, 5.41) is 22.9. The molecular formula is C12H17N5O4S. The van der Waals surface area contributed by atoms with E-state index in [4.69, 9.17) is 5.11 Å². The molecule has 9 nitrogen and oxygen atoms in total. The summed E-state index contributed by atoms with van der Waals surface area (Å²) >= 11 is 3.84. The van der Waals surface area contributed by atoms with Crippen LogP contribution in [-0.4, -0.2) is 60.2 Å². The number of hydroxylamine groups is 1. The summed E-state index contributed by atoms with van der Waals surface area (Å²) in [7, 11) is 0. The molecule has 0 saturated carbocycles. The quantitative estimate of drug-likeness (QED) is 0.223. The molecule has 1 heterocycles. The summed E-state index contributed by atoms with van der Waals surface area (Å²) in [5.41, 5.74) is -0.685. The molecule has 10 heteroatoms. The van der Waals surface area contributed by atoms with Crippen molar-refractivity contribution in [2.75, 3.05) is 5.75 Å². The first-order valence-corrected chi connectivity index (χ1v) is 6.93. The second-order valence-electron chi connectivity index (χ2n) is 5.34. The first-order valence-electron chi connectivity index (χ1n) is 6.30. The normalized spacial score (nSPS) is 13.5. The summed E-state index contributed by atoms with van der Waals surface area (Å²) in [6, 6.07) is -1.16. The van der Waals surface area contributed by atoms with Crippen LogP contribution in [0.25, 0.3) is 0 Å². The van der Waals surface area contributed by atoms with Crippen LogP contribution in [0, 0.1) is 5.21 Å². The van der Waals surface area contributed by atoms with Gasteiger partial charge in [0.1, 0.15) is 12.4 Å². The molecule has 120 valence electrons. The van der Waals surface area contributed by atoms with Crippen LogP contribution >= 0.6 is 12.6 Å². The number of carboxylic acids is 1. The molecule has 0 saturated heterocycles. The van der Waals surface area contributed by atoms with Crippen molar-refractivity contribution < 1.29 is 19.4 Å². The van der Waals surface area contributed by atoms with Crippen LogP contribution in [0.3, 0.4) is 0 Å². The number of hydrogen-bond acceptors (Lipinski definition) is 7. The average molecular weight is 327 g/mol. The van der Waals surface area contributed by atoms with E-state index in [1.807, 2.05) is 0 Å². The van der Waals surface area contributed by atoms with Gasteiger partial charge < -0.3 is 15.6 Å². The number of aromatic nitrogens is 3. The van der Waals surface area contributed by atoms with E-state index in [1.165, 1.54) is 0 Å². The maximum Gasteiger partial charge on any atom is 0.327 e. The number of rotatable bonds is 5. The molecule has 1 rings (SSSR count). The third kappa shape index (κ3) is 4.95. The lowest BCUT2D eigenvalue weighted by Crippen LogP contribution is -2.42. The van der Waals surface area contributed by atoms with E-state index in [0.29, 0.717) is 4.74 Å². The molecule has 0 aliphatic rings. The Kier molecular flexibility index (Phi) is 5.80. The lowest BCUT2D eigenvalue weighted by molar-refractivity contribution is -0.530. The summed E-state index contributed by atoms with van der Waals surface area (Å²) < 4.78 is 0.651. The Morgan fingerprint density at radius 1 is 1.50 bits per heavy atom. The van der Waals surface area contributed by atoms with Crippen molar-refractivity contribution in [1.29, 1.82) is 0 Å². The number of carbonyl (C=O) groups excluding carboxylic acids is 1. The molecule has 0 aliphatic carbocycles. The van der Waals surface area contributed by atoms with Crippen LogP contribution in [-0.2, 0) is 4.79 Å². The molecule has 1 amide bonds. The van der Waals surface area contributed by atoms with Crippen molar-refractivity contribution in [3.8, 4) is 0 Å². The minimum Gasteiger partial charge on any atom is -0.623 e. The molecule has 1 aromatic rings. The van der Waals surface area contributed by atoms with Gasteiger partial charge in [0.15, 0.2) is 5.54 Å². The highest BCUT2D eigenvalue weighted by Gasteiger charge is 2.22. The van der Waals surface area contributed by atoms with E-state index in [-0.39, 0.29) is 17.4 Å². The smallest absolute Gasteiger partial charge is 0.327 e. The molecule has 0 radical (unpaired) electrons. The van der Waals surface area contributed by atoms with Gasteiger partial charge in [0.2, 0.25) is 17.9 Å². The van der Waals surface area contributed by atoms with Gasteiger partial charge in [0.25, 0.3) is 5.91 Å². The fourth-order valence-corrected chi connectivity index (χ4v) is 1.43. The van der Waals surface area contributed by atoms with Crippen LogP contribution < -0.4 is 5.32 Å². The largest absolute Gasteiger partial charge is 0.623 e. The van der Waals surface area contributed by atoms with E-state index in [1.54, 1.807) is 20.8 Å². The van der Waals surface area contributed by atoms with E-state index >= 15 is 0 Å². The first kappa shape index (κ1) is 17.8. The lowest BCUT2D eigenvalue weighted by atomic mass is 10.1. The monoisotopic (exact) mass is 327 g/mol. The fraction of sp³-hybridized carbons (Fsp3) is 0.500. The number of thiol groups is 1. The highest BCUT2D eigenvalue weighted by Crippen LogP contribution is 2.05. The Morgan fingerprint density at radius 2 is 2.14 bits per heavy atom. The molecule has 1 atom stereocenters. The van der Waals surface area contributed by atoms with Gasteiger partial charge in [-0.05, 0) is 0 Å². The molecule has 0 aromatic carbocycles. The summed E-state index contributed by atoms with van der Waals surface area (Å²) in [5.74, 6) is -2.36. The number of amides is 1. The number of nitrogens with one attached hydrogen (secondary N) is 1. The zero-order valence-electron chi connectivity index (χ0n) is 12.3. The third-order valence-electron chi connectivity index (χ3n) is 2.47. The van der Waals surface area contributed by atoms with Crippen molar-refractivity contribution in [1.82, 2.24) is 20.3 Å². The number of carboxylic acid groups (broad SMARTS) is 1. The van der Waals surface area contributed by atoms with Crippen molar-refractivity contribution in [2.45, 2.75) is 32.4 Å². The number of aliphatic carboxylic acids is 1. The molecule has 22 heavy (non-hydrogen) atoms. The van der Waals surface area contributed by atoms with Gasteiger partial charge in [-0.2, -0.15) is 17.6 Å². The van der Waals surface area contributed by atoms with Crippen LogP contribution in [0.15, 0.2) is 6.33 Å².